The first-order valence-corrected chi connectivity index (χ1v) is 16.5. The largest absolute Gasteiger partial charge is 0.507 e. The molecule has 0 bridgehead atoms. The molecule has 11 N–H and O–H groups in total. The van der Waals surface area contributed by atoms with Crippen LogP contribution in [0.3, 0.4) is 0 Å². The molecule has 2 saturated heterocycles. The molecule has 3 heterocycles. The number of esters is 1. The number of ether oxygens (including phenoxy) is 5. The number of benzene rings is 3. The highest BCUT2D eigenvalue weighted by Crippen LogP contribution is 2.36. The van der Waals surface area contributed by atoms with Crippen LogP contribution >= 0.6 is 0 Å². The summed E-state index contributed by atoms with van der Waals surface area (Å²) in [6.45, 7) is -1.48. The van der Waals surface area contributed by atoms with Crippen molar-refractivity contribution in [3.63, 3.8) is 0 Å². The molecule has 2 fully saturated rings. The third-order valence-electron chi connectivity index (χ3n) is 8.87. The van der Waals surface area contributed by atoms with Gasteiger partial charge in [-0.1, -0.05) is 6.07 Å². The van der Waals surface area contributed by atoms with E-state index in [9.17, 15) is 65.8 Å². The standard InChI is InChI=1S/C36H36O19/c37-12-25-29(45)30(46)32(48)35(53-25)50-13-26-34(55-27(44)6-2-14-1-4-17(38)19(40)7-14)31(47)33(49)36(54-26)51-16-9-21(42)28-22(43)11-23(52-24(28)10-16)15-3-5-18(39)20(41)8-15/h1-11,25-26,29-42,45-49H,12-13H2. The summed E-state index contributed by atoms with van der Waals surface area (Å²) in [5, 5.41) is 112. The van der Waals surface area contributed by atoms with Gasteiger partial charge < -0.3 is 84.3 Å². The third kappa shape index (κ3) is 8.29. The van der Waals surface area contributed by atoms with Crippen molar-refractivity contribution in [3.8, 4) is 45.8 Å². The molecule has 0 spiro atoms. The molecule has 3 aromatic carbocycles. The smallest absolute Gasteiger partial charge is 0.331 e. The molecule has 0 radical (unpaired) electrons. The summed E-state index contributed by atoms with van der Waals surface area (Å²) < 4.78 is 33.8. The minimum absolute atomic E-state index is 0.0694. The van der Waals surface area contributed by atoms with Crippen LogP contribution in [-0.2, 0) is 23.7 Å². The van der Waals surface area contributed by atoms with Crippen LogP contribution in [0.4, 0.5) is 0 Å². The second kappa shape index (κ2) is 16.1. The Kier molecular flexibility index (Phi) is 11.5. The lowest BCUT2D eigenvalue weighted by Crippen LogP contribution is -2.63. The van der Waals surface area contributed by atoms with Gasteiger partial charge in [-0.25, -0.2) is 4.79 Å². The Morgan fingerprint density at radius 2 is 1.38 bits per heavy atom. The Morgan fingerprint density at radius 3 is 2.07 bits per heavy atom. The molecule has 6 rings (SSSR count). The van der Waals surface area contributed by atoms with Crippen LogP contribution in [0.1, 0.15) is 5.56 Å². The SMILES string of the molecule is O=C(C=Cc1ccc(O)c(O)c1)OC1C(COC2OC(CO)C(O)C(O)C2O)OC(Oc2cc(O)c3c(=O)cc(-c4ccc(O)c(O)c4)oc3c2)C(O)C1O. The Labute approximate surface area is 308 Å². The molecule has 1 aromatic heterocycles. The summed E-state index contributed by atoms with van der Waals surface area (Å²) in [6, 6.07) is 10.5. The van der Waals surface area contributed by atoms with Crippen LogP contribution in [0.5, 0.6) is 34.5 Å². The number of rotatable bonds is 10. The molecule has 4 aromatic rings. The van der Waals surface area contributed by atoms with E-state index in [1.165, 1.54) is 30.3 Å². The first-order chi connectivity index (χ1) is 26.1. The summed E-state index contributed by atoms with van der Waals surface area (Å²) >= 11 is 0. The van der Waals surface area contributed by atoms with Crippen LogP contribution in [0.25, 0.3) is 28.4 Å². The predicted octanol–water partition coefficient (Wildman–Crippen LogP) is -0.745. The van der Waals surface area contributed by atoms with Gasteiger partial charge in [-0.3, -0.25) is 4.79 Å². The molecule has 19 heteroatoms. The van der Waals surface area contributed by atoms with Gasteiger partial charge in [-0.05, 0) is 42.0 Å². The lowest BCUT2D eigenvalue weighted by molar-refractivity contribution is -0.323. The van der Waals surface area contributed by atoms with Gasteiger partial charge in [0, 0.05) is 29.8 Å². The maximum absolute atomic E-state index is 12.9. The van der Waals surface area contributed by atoms with Crippen molar-refractivity contribution < 1.29 is 89.1 Å². The van der Waals surface area contributed by atoms with Gasteiger partial charge in [0.25, 0.3) is 0 Å². The van der Waals surface area contributed by atoms with E-state index >= 15 is 0 Å². The summed E-state index contributed by atoms with van der Waals surface area (Å²) in [5.74, 6) is -3.82. The number of phenolic OH excluding ortho intramolecular Hbond substituents is 5. The fourth-order valence-corrected chi connectivity index (χ4v) is 5.92. The van der Waals surface area contributed by atoms with Crippen LogP contribution in [0.2, 0.25) is 0 Å². The summed E-state index contributed by atoms with van der Waals surface area (Å²) in [5.41, 5.74) is -0.456. The number of carbonyl (C=O) groups is 1. The number of fused-ring (bicyclic) bond motifs is 1. The molecule has 10 unspecified atom stereocenters. The molecule has 0 amide bonds. The zero-order valence-electron chi connectivity index (χ0n) is 28.2. The molecular weight excluding hydrogens is 736 g/mol. The molecule has 2 aliphatic heterocycles. The van der Waals surface area contributed by atoms with Crippen molar-refractivity contribution in [3.05, 3.63) is 76.5 Å². The van der Waals surface area contributed by atoms with Crippen molar-refractivity contribution in [2.75, 3.05) is 13.2 Å². The molecule has 294 valence electrons. The number of aromatic hydroxyl groups is 5. The Hall–Kier alpha value is -5.48. The van der Waals surface area contributed by atoms with E-state index in [1.54, 1.807) is 0 Å². The fraction of sp³-hybridized carbons (Fsp3) is 0.333. The van der Waals surface area contributed by atoms with E-state index in [0.29, 0.717) is 0 Å². The lowest BCUT2D eigenvalue weighted by atomic mass is 9.98. The summed E-state index contributed by atoms with van der Waals surface area (Å²) in [6.07, 6.45) is -15.3. The second-order valence-corrected chi connectivity index (χ2v) is 12.6. The van der Waals surface area contributed by atoms with Crippen molar-refractivity contribution in [2.45, 2.75) is 61.4 Å². The van der Waals surface area contributed by atoms with Gasteiger partial charge in [0.2, 0.25) is 6.29 Å². The molecule has 2 aliphatic rings. The quantitative estimate of drug-likeness (QED) is 0.0537. The average Bonchev–Trinajstić information content (AvgIpc) is 3.15. The van der Waals surface area contributed by atoms with Crippen LogP contribution in [0.15, 0.2) is 69.9 Å². The maximum Gasteiger partial charge on any atom is 0.331 e. The zero-order valence-corrected chi connectivity index (χ0v) is 28.2. The monoisotopic (exact) mass is 772 g/mol. The number of aliphatic hydroxyl groups is 6. The minimum atomic E-state index is -1.98. The topological polar surface area (TPSA) is 316 Å². The van der Waals surface area contributed by atoms with Crippen molar-refractivity contribution in [1.29, 1.82) is 0 Å². The van der Waals surface area contributed by atoms with Gasteiger partial charge in [0.1, 0.15) is 71.0 Å². The van der Waals surface area contributed by atoms with Crippen molar-refractivity contribution >= 4 is 23.0 Å². The molecule has 0 aliphatic carbocycles. The number of phenols is 5. The molecule has 0 saturated carbocycles. The van der Waals surface area contributed by atoms with Crippen molar-refractivity contribution in [2.24, 2.45) is 0 Å². The third-order valence-corrected chi connectivity index (χ3v) is 8.87. The van der Waals surface area contributed by atoms with Crippen molar-refractivity contribution in [1.82, 2.24) is 0 Å². The second-order valence-electron chi connectivity index (χ2n) is 12.6. The minimum Gasteiger partial charge on any atom is -0.507 e. The van der Waals surface area contributed by atoms with E-state index in [0.717, 1.165) is 36.4 Å². The van der Waals surface area contributed by atoms with E-state index in [2.05, 4.69) is 0 Å². The highest BCUT2D eigenvalue weighted by Gasteiger charge is 2.50. The number of hydrogen-bond donors (Lipinski definition) is 11. The lowest BCUT2D eigenvalue weighted by Gasteiger charge is -2.43. The zero-order chi connectivity index (χ0) is 39.7. The highest BCUT2D eigenvalue weighted by atomic mass is 16.7. The fourth-order valence-electron chi connectivity index (χ4n) is 5.92. The maximum atomic E-state index is 12.9. The average molecular weight is 773 g/mol. The summed E-state index contributed by atoms with van der Waals surface area (Å²) in [7, 11) is 0. The molecular formula is C36H36O19. The predicted molar refractivity (Wildman–Crippen MR) is 183 cm³/mol. The molecule has 55 heavy (non-hydrogen) atoms. The Balaban J connectivity index is 1.26. The Bertz CT molecular complexity index is 2110. The highest BCUT2D eigenvalue weighted by molar-refractivity contribution is 5.87. The van der Waals surface area contributed by atoms with Gasteiger partial charge in [-0.15, -0.1) is 0 Å². The number of carbonyl (C=O) groups excluding carboxylic acids is 1. The van der Waals surface area contributed by atoms with Crippen LogP contribution < -0.4 is 10.2 Å². The first-order valence-electron chi connectivity index (χ1n) is 16.5. The number of hydrogen-bond acceptors (Lipinski definition) is 19. The van der Waals surface area contributed by atoms with E-state index in [-0.39, 0.29) is 33.6 Å². The van der Waals surface area contributed by atoms with Gasteiger partial charge in [-0.2, -0.15) is 0 Å². The van der Waals surface area contributed by atoms with E-state index < -0.39 is 115 Å². The van der Waals surface area contributed by atoms with Crippen LogP contribution in [-0.4, -0.2) is 137 Å². The van der Waals surface area contributed by atoms with E-state index in [1.807, 2.05) is 0 Å². The summed E-state index contributed by atoms with van der Waals surface area (Å²) in [4.78, 5) is 25.8. The van der Waals surface area contributed by atoms with E-state index in [4.69, 9.17) is 28.1 Å². The molecule has 19 nitrogen and oxygen atoms in total. The first kappa shape index (κ1) is 39.2. The van der Waals surface area contributed by atoms with Gasteiger partial charge in [0.15, 0.2) is 40.8 Å². The van der Waals surface area contributed by atoms with Gasteiger partial charge >= 0.3 is 5.97 Å². The Morgan fingerprint density at radius 1 is 0.709 bits per heavy atom. The van der Waals surface area contributed by atoms with Crippen LogP contribution in [0, 0.1) is 0 Å². The normalized spacial score (nSPS) is 28.3. The number of aliphatic hydroxyl groups excluding tert-OH is 6. The van der Waals surface area contributed by atoms with Gasteiger partial charge in [0.05, 0.1) is 13.2 Å². The molecule has 10 atom stereocenters.